The lowest BCUT2D eigenvalue weighted by Gasteiger charge is -2.17. The van der Waals surface area contributed by atoms with Crippen molar-refractivity contribution in [3.05, 3.63) is 112 Å². The van der Waals surface area contributed by atoms with Crippen molar-refractivity contribution in [2.75, 3.05) is 28.3 Å². The number of aldehydes is 2. The molecule has 0 saturated heterocycles. The quantitative estimate of drug-likeness (QED) is 0.0872. The summed E-state index contributed by atoms with van der Waals surface area (Å²) in [5.74, 6) is -1.92. The Morgan fingerprint density at radius 1 is 0.686 bits per heavy atom. The molecule has 2 heterocycles. The number of ether oxygens (including phenoxy) is 1. The topological polar surface area (TPSA) is 148 Å². The molecule has 272 valence electrons. The molecule has 4 aromatic rings. The van der Waals surface area contributed by atoms with Gasteiger partial charge in [0.25, 0.3) is 11.8 Å². The SMILES string of the molecule is CON(C)C(=O)c1ccc(Cl)nc1C(F)(F)F.CON(C)C(=O)c1ccc(Oc2ccc(C=O)cc2)nc1C(F)(F)F.O=Cc1ccc(O)cc1. The van der Waals surface area contributed by atoms with Crippen molar-refractivity contribution in [3.63, 3.8) is 0 Å². The summed E-state index contributed by atoms with van der Waals surface area (Å²) in [6.07, 6.45) is -8.26. The van der Waals surface area contributed by atoms with Crippen LogP contribution in [-0.4, -0.2) is 77.9 Å². The minimum atomic E-state index is -4.86. The van der Waals surface area contributed by atoms with Crippen LogP contribution in [0.5, 0.6) is 17.4 Å². The molecule has 0 atom stereocenters. The molecule has 0 saturated carbocycles. The first-order valence-electron chi connectivity index (χ1n) is 13.8. The highest BCUT2D eigenvalue weighted by atomic mass is 35.5. The van der Waals surface area contributed by atoms with Gasteiger partial charge in [-0.1, -0.05) is 11.6 Å². The maximum absolute atomic E-state index is 13.2. The zero-order chi connectivity index (χ0) is 38.5. The van der Waals surface area contributed by atoms with Crippen LogP contribution in [0.2, 0.25) is 5.15 Å². The van der Waals surface area contributed by atoms with E-state index in [1.807, 2.05) is 0 Å². The number of hydrogen-bond donors (Lipinski definition) is 1. The van der Waals surface area contributed by atoms with E-state index >= 15 is 0 Å². The summed E-state index contributed by atoms with van der Waals surface area (Å²) in [6, 6.07) is 15.9. The van der Waals surface area contributed by atoms with E-state index in [4.69, 9.17) is 21.4 Å². The number of hydrogen-bond acceptors (Lipinski definition) is 10. The van der Waals surface area contributed by atoms with Crippen molar-refractivity contribution in [3.8, 4) is 17.4 Å². The molecule has 1 N–H and O–H groups in total. The second-order valence-electron chi connectivity index (χ2n) is 9.54. The number of halogens is 7. The third-order valence-corrected chi connectivity index (χ3v) is 6.33. The Labute approximate surface area is 290 Å². The summed E-state index contributed by atoms with van der Waals surface area (Å²) in [5, 5.41) is 9.72. The Hall–Kier alpha value is -5.59. The summed E-state index contributed by atoms with van der Waals surface area (Å²) in [6.45, 7) is 0. The van der Waals surface area contributed by atoms with Gasteiger partial charge in [0.2, 0.25) is 5.88 Å². The molecule has 19 heteroatoms. The fraction of sp³-hybridized carbons (Fsp3) is 0.188. The first-order valence-corrected chi connectivity index (χ1v) is 14.2. The highest BCUT2D eigenvalue weighted by Crippen LogP contribution is 2.34. The Bertz CT molecular complexity index is 1810. The van der Waals surface area contributed by atoms with E-state index in [0.717, 1.165) is 44.8 Å². The number of hydroxylamine groups is 4. The zero-order valence-electron chi connectivity index (χ0n) is 26.8. The van der Waals surface area contributed by atoms with Crippen molar-refractivity contribution in [1.82, 2.24) is 20.1 Å². The summed E-state index contributed by atoms with van der Waals surface area (Å²) >= 11 is 5.37. The maximum atomic E-state index is 13.2. The van der Waals surface area contributed by atoms with Crippen molar-refractivity contribution in [1.29, 1.82) is 0 Å². The van der Waals surface area contributed by atoms with Crippen molar-refractivity contribution < 1.29 is 65.0 Å². The Morgan fingerprint density at radius 2 is 1.10 bits per heavy atom. The van der Waals surface area contributed by atoms with Gasteiger partial charge in [-0.15, -0.1) is 0 Å². The lowest BCUT2D eigenvalue weighted by molar-refractivity contribution is -0.143. The minimum absolute atomic E-state index is 0.181. The number of rotatable bonds is 8. The molecule has 0 aliphatic heterocycles. The molecule has 0 unspecified atom stereocenters. The molecule has 2 aromatic heterocycles. The van der Waals surface area contributed by atoms with Gasteiger partial charge in [-0.25, -0.2) is 20.1 Å². The van der Waals surface area contributed by atoms with Gasteiger partial charge in [0.05, 0.1) is 25.3 Å². The van der Waals surface area contributed by atoms with Crippen molar-refractivity contribution in [2.45, 2.75) is 12.4 Å². The normalized spacial score (nSPS) is 10.8. The van der Waals surface area contributed by atoms with Gasteiger partial charge in [-0.2, -0.15) is 26.3 Å². The number of benzene rings is 2. The summed E-state index contributed by atoms with van der Waals surface area (Å²) in [5.41, 5.74) is -3.04. The molecule has 4 rings (SSSR count). The van der Waals surface area contributed by atoms with Gasteiger partial charge in [-0.3, -0.25) is 28.9 Å². The van der Waals surface area contributed by atoms with Crippen LogP contribution in [0, 0.1) is 0 Å². The fourth-order valence-electron chi connectivity index (χ4n) is 3.50. The average molecular weight is 745 g/mol. The number of aromatic nitrogens is 2. The van der Waals surface area contributed by atoms with E-state index in [2.05, 4.69) is 19.6 Å². The summed E-state index contributed by atoms with van der Waals surface area (Å²) < 4.78 is 82.8. The van der Waals surface area contributed by atoms with E-state index in [0.29, 0.717) is 27.5 Å². The van der Waals surface area contributed by atoms with E-state index in [1.165, 1.54) is 50.5 Å². The van der Waals surface area contributed by atoms with E-state index in [9.17, 15) is 45.5 Å². The van der Waals surface area contributed by atoms with Crippen LogP contribution in [-0.2, 0) is 22.0 Å². The van der Waals surface area contributed by atoms with E-state index < -0.39 is 46.7 Å². The smallest absolute Gasteiger partial charge is 0.434 e. The minimum Gasteiger partial charge on any atom is -0.508 e. The number of phenolic OH excluding ortho intramolecular Hbond substituents is 1. The zero-order valence-corrected chi connectivity index (χ0v) is 27.6. The second kappa shape index (κ2) is 18.4. The van der Waals surface area contributed by atoms with Crippen molar-refractivity contribution >= 4 is 36.0 Å². The van der Waals surface area contributed by atoms with Gasteiger partial charge >= 0.3 is 12.4 Å². The molecule has 2 amide bonds. The van der Waals surface area contributed by atoms with Crippen LogP contribution in [0.25, 0.3) is 0 Å². The van der Waals surface area contributed by atoms with Crippen molar-refractivity contribution in [2.24, 2.45) is 0 Å². The Balaban J connectivity index is 0.000000297. The Kier molecular flexibility index (Phi) is 15.0. The third-order valence-electron chi connectivity index (χ3n) is 6.12. The molecule has 0 fully saturated rings. The lowest BCUT2D eigenvalue weighted by Crippen LogP contribution is -2.28. The molecular weight excluding hydrogens is 718 g/mol. The molecule has 0 aliphatic rings. The number of nitrogens with zero attached hydrogens (tertiary/aromatic N) is 4. The number of alkyl halides is 6. The fourth-order valence-corrected chi connectivity index (χ4v) is 3.65. The number of phenols is 1. The number of aromatic hydroxyl groups is 1. The first kappa shape index (κ1) is 41.6. The number of amides is 2. The van der Waals surface area contributed by atoms with Gasteiger partial charge < -0.3 is 9.84 Å². The van der Waals surface area contributed by atoms with E-state index in [1.54, 1.807) is 12.1 Å². The van der Waals surface area contributed by atoms with Gasteiger partial charge in [0, 0.05) is 31.3 Å². The Morgan fingerprint density at radius 3 is 1.51 bits per heavy atom. The third kappa shape index (κ3) is 12.4. The highest BCUT2D eigenvalue weighted by molar-refractivity contribution is 6.29. The maximum Gasteiger partial charge on any atom is 0.434 e. The number of carbonyl (C=O) groups is 4. The summed E-state index contributed by atoms with van der Waals surface area (Å²) in [7, 11) is 4.69. The molecule has 0 spiro atoms. The molecule has 12 nitrogen and oxygen atoms in total. The molecule has 2 aromatic carbocycles. The molecule has 0 bridgehead atoms. The van der Waals surface area contributed by atoms with E-state index in [-0.39, 0.29) is 22.5 Å². The van der Waals surface area contributed by atoms with Crippen LogP contribution >= 0.6 is 11.6 Å². The number of carbonyl (C=O) groups excluding carboxylic acids is 4. The van der Waals surface area contributed by atoms with Gasteiger partial charge in [0.1, 0.15) is 29.2 Å². The van der Waals surface area contributed by atoms with Crippen LogP contribution in [0.15, 0.2) is 72.8 Å². The van der Waals surface area contributed by atoms with Crippen LogP contribution in [0.4, 0.5) is 26.3 Å². The van der Waals surface area contributed by atoms with Gasteiger partial charge in [-0.05, 0) is 66.7 Å². The average Bonchev–Trinajstić information content (AvgIpc) is 3.10. The largest absolute Gasteiger partial charge is 0.508 e. The second-order valence-corrected chi connectivity index (χ2v) is 9.93. The van der Waals surface area contributed by atoms with Crippen LogP contribution < -0.4 is 4.74 Å². The summed E-state index contributed by atoms with van der Waals surface area (Å²) in [4.78, 5) is 59.8. The predicted molar refractivity (Wildman–Crippen MR) is 167 cm³/mol. The predicted octanol–water partition coefficient (Wildman–Crippen LogP) is 6.93. The number of pyridine rings is 2. The monoisotopic (exact) mass is 744 g/mol. The van der Waals surface area contributed by atoms with Gasteiger partial charge in [0.15, 0.2) is 11.4 Å². The first-order chi connectivity index (χ1) is 23.9. The van der Waals surface area contributed by atoms with Crippen LogP contribution in [0.3, 0.4) is 0 Å². The van der Waals surface area contributed by atoms with Crippen LogP contribution in [0.1, 0.15) is 52.8 Å². The highest BCUT2D eigenvalue weighted by Gasteiger charge is 2.39. The lowest BCUT2D eigenvalue weighted by atomic mass is 10.1. The standard InChI is InChI=1S/C16H13F3N2O4.C9H8ClF3N2O2.C7H6O2/c1-21(24-2)15(23)12-7-8-13(20-14(12)16(17,18)19)25-11-5-3-10(9-22)4-6-11;1-15(17-2)8(16)5-3-4-6(10)14-7(5)9(11,12)13;8-5-6-1-3-7(9)4-2-6/h3-9H,1-2H3;3-4H,1-2H3;1-5,9H. The molecular formula is C32H27ClF6N4O8. The molecule has 0 aliphatic carbocycles. The molecule has 0 radical (unpaired) electrons. The molecule has 51 heavy (non-hydrogen) atoms.